The third kappa shape index (κ3) is 2.69. The highest BCUT2D eigenvalue weighted by molar-refractivity contribution is 5.36. The number of aromatic nitrogens is 1. The van der Waals surface area contributed by atoms with Crippen molar-refractivity contribution in [2.24, 2.45) is 5.73 Å². The van der Waals surface area contributed by atoms with Crippen molar-refractivity contribution < 1.29 is 0 Å². The van der Waals surface area contributed by atoms with Crippen LogP contribution in [0.15, 0.2) is 18.3 Å². The zero-order chi connectivity index (χ0) is 10.7. The lowest BCUT2D eigenvalue weighted by Gasteiger charge is -2.29. The van der Waals surface area contributed by atoms with Crippen LogP contribution in [0.1, 0.15) is 31.2 Å². The number of pyridine rings is 1. The van der Waals surface area contributed by atoms with Gasteiger partial charge in [-0.3, -0.25) is 0 Å². The molecule has 0 bridgehead atoms. The maximum Gasteiger partial charge on any atom is 0.126 e. The van der Waals surface area contributed by atoms with Crippen LogP contribution in [0.25, 0.3) is 0 Å². The van der Waals surface area contributed by atoms with Crippen molar-refractivity contribution >= 4 is 5.82 Å². The molecule has 1 fully saturated rings. The van der Waals surface area contributed by atoms with Gasteiger partial charge in [-0.05, 0) is 31.4 Å². The second kappa shape index (κ2) is 4.62. The standard InChI is InChI=1S/C12H19N3/c1-9-6-7-12(14-8-9)15-11-5-3-2-4-10(11)13/h6-8,10-11H,2-5,13H2,1H3,(H,14,15)/t10-,11+/m0/s1. The molecule has 1 heterocycles. The van der Waals surface area contributed by atoms with E-state index in [4.69, 9.17) is 5.73 Å². The van der Waals surface area contributed by atoms with Crippen LogP contribution in [-0.4, -0.2) is 17.1 Å². The van der Waals surface area contributed by atoms with Crippen molar-refractivity contribution in [3.8, 4) is 0 Å². The molecule has 0 aliphatic heterocycles. The molecule has 1 aliphatic carbocycles. The van der Waals surface area contributed by atoms with Gasteiger partial charge >= 0.3 is 0 Å². The fourth-order valence-corrected chi connectivity index (χ4v) is 2.08. The summed E-state index contributed by atoms with van der Waals surface area (Å²) in [7, 11) is 0. The van der Waals surface area contributed by atoms with Gasteiger partial charge in [0.05, 0.1) is 0 Å². The van der Waals surface area contributed by atoms with E-state index in [0.29, 0.717) is 6.04 Å². The number of nitrogens with two attached hydrogens (primary N) is 1. The summed E-state index contributed by atoms with van der Waals surface area (Å²) in [6.45, 7) is 2.04. The largest absolute Gasteiger partial charge is 0.366 e. The Kier molecular flexibility index (Phi) is 3.21. The number of aryl methyl sites for hydroxylation is 1. The van der Waals surface area contributed by atoms with Crippen molar-refractivity contribution in [2.45, 2.75) is 44.7 Å². The van der Waals surface area contributed by atoms with Crippen LogP contribution < -0.4 is 11.1 Å². The Hall–Kier alpha value is -1.09. The third-order valence-corrected chi connectivity index (χ3v) is 3.06. The Balaban J connectivity index is 1.98. The van der Waals surface area contributed by atoms with Crippen LogP contribution in [-0.2, 0) is 0 Å². The second-order valence-electron chi connectivity index (χ2n) is 4.42. The minimum absolute atomic E-state index is 0.279. The molecule has 15 heavy (non-hydrogen) atoms. The van der Waals surface area contributed by atoms with E-state index in [1.54, 1.807) is 0 Å². The normalized spacial score (nSPS) is 26.3. The summed E-state index contributed by atoms with van der Waals surface area (Å²) in [5, 5.41) is 3.42. The predicted octanol–water partition coefficient (Wildman–Crippen LogP) is 2.07. The summed E-state index contributed by atoms with van der Waals surface area (Å²) in [4.78, 5) is 4.34. The molecule has 1 saturated carbocycles. The van der Waals surface area contributed by atoms with Crippen LogP contribution in [0.4, 0.5) is 5.82 Å². The summed E-state index contributed by atoms with van der Waals surface area (Å²) in [5.41, 5.74) is 7.25. The van der Waals surface area contributed by atoms with Crippen LogP contribution in [0.5, 0.6) is 0 Å². The molecule has 2 atom stereocenters. The van der Waals surface area contributed by atoms with Gasteiger partial charge in [-0.15, -0.1) is 0 Å². The van der Waals surface area contributed by atoms with Crippen LogP contribution >= 0.6 is 0 Å². The lowest BCUT2D eigenvalue weighted by molar-refractivity contribution is 0.403. The van der Waals surface area contributed by atoms with Gasteiger partial charge in [-0.1, -0.05) is 18.9 Å². The van der Waals surface area contributed by atoms with E-state index in [0.717, 1.165) is 18.7 Å². The number of nitrogens with one attached hydrogen (secondary N) is 1. The number of anilines is 1. The highest BCUT2D eigenvalue weighted by atomic mass is 15.0. The number of rotatable bonds is 2. The summed E-state index contributed by atoms with van der Waals surface area (Å²) >= 11 is 0. The van der Waals surface area contributed by atoms with E-state index in [9.17, 15) is 0 Å². The maximum absolute atomic E-state index is 6.07. The second-order valence-corrected chi connectivity index (χ2v) is 4.42. The van der Waals surface area contributed by atoms with Gasteiger partial charge in [0.15, 0.2) is 0 Å². The van der Waals surface area contributed by atoms with Crippen molar-refractivity contribution in [2.75, 3.05) is 5.32 Å². The van der Waals surface area contributed by atoms with E-state index in [-0.39, 0.29) is 6.04 Å². The summed E-state index contributed by atoms with van der Waals surface area (Å²) in [6, 6.07) is 4.77. The molecule has 1 aliphatic rings. The van der Waals surface area contributed by atoms with E-state index in [1.165, 1.54) is 18.4 Å². The van der Waals surface area contributed by atoms with E-state index in [2.05, 4.69) is 16.4 Å². The van der Waals surface area contributed by atoms with Gasteiger partial charge in [-0.25, -0.2) is 4.98 Å². The van der Waals surface area contributed by atoms with Crippen LogP contribution in [0.3, 0.4) is 0 Å². The molecule has 3 nitrogen and oxygen atoms in total. The third-order valence-electron chi connectivity index (χ3n) is 3.06. The quantitative estimate of drug-likeness (QED) is 0.777. The molecule has 0 unspecified atom stereocenters. The first-order valence-electron chi connectivity index (χ1n) is 5.70. The molecule has 82 valence electrons. The van der Waals surface area contributed by atoms with Gasteiger partial charge in [0.1, 0.15) is 5.82 Å². The smallest absolute Gasteiger partial charge is 0.126 e. The zero-order valence-electron chi connectivity index (χ0n) is 9.24. The molecule has 3 N–H and O–H groups in total. The zero-order valence-corrected chi connectivity index (χ0v) is 9.24. The highest BCUT2D eigenvalue weighted by Gasteiger charge is 2.21. The minimum Gasteiger partial charge on any atom is -0.366 e. The molecule has 3 heteroatoms. The first kappa shape index (κ1) is 10.4. The Morgan fingerprint density at radius 1 is 1.33 bits per heavy atom. The number of hydrogen-bond acceptors (Lipinski definition) is 3. The van der Waals surface area contributed by atoms with E-state index >= 15 is 0 Å². The lowest BCUT2D eigenvalue weighted by atomic mass is 9.91. The molecule has 1 aromatic rings. The molecular formula is C12H19N3. The van der Waals surface area contributed by atoms with Crippen molar-refractivity contribution in [3.05, 3.63) is 23.9 Å². The molecule has 0 saturated heterocycles. The van der Waals surface area contributed by atoms with Gasteiger partial charge in [0, 0.05) is 18.3 Å². The predicted molar refractivity (Wildman–Crippen MR) is 62.8 cm³/mol. The molecule has 0 amide bonds. The van der Waals surface area contributed by atoms with Crippen molar-refractivity contribution in [1.82, 2.24) is 4.98 Å². The van der Waals surface area contributed by atoms with E-state index in [1.807, 2.05) is 19.2 Å². The first-order valence-corrected chi connectivity index (χ1v) is 5.70. The Labute approximate surface area is 91.1 Å². The molecule has 2 rings (SSSR count). The average molecular weight is 205 g/mol. The monoisotopic (exact) mass is 205 g/mol. The summed E-state index contributed by atoms with van der Waals surface area (Å²) < 4.78 is 0. The lowest BCUT2D eigenvalue weighted by Crippen LogP contribution is -2.42. The maximum atomic E-state index is 6.07. The van der Waals surface area contributed by atoms with Crippen LogP contribution in [0.2, 0.25) is 0 Å². The fourth-order valence-electron chi connectivity index (χ4n) is 2.08. The highest BCUT2D eigenvalue weighted by Crippen LogP contribution is 2.20. The Morgan fingerprint density at radius 2 is 2.13 bits per heavy atom. The summed E-state index contributed by atoms with van der Waals surface area (Å²) in [5.74, 6) is 0.947. The van der Waals surface area contributed by atoms with Crippen LogP contribution in [0, 0.1) is 6.92 Å². The van der Waals surface area contributed by atoms with Gasteiger partial charge in [-0.2, -0.15) is 0 Å². The molecule has 0 aromatic carbocycles. The molecule has 1 aromatic heterocycles. The average Bonchev–Trinajstić information content (AvgIpc) is 2.25. The van der Waals surface area contributed by atoms with Crippen molar-refractivity contribution in [3.63, 3.8) is 0 Å². The number of nitrogens with zero attached hydrogens (tertiary/aromatic N) is 1. The van der Waals surface area contributed by atoms with E-state index < -0.39 is 0 Å². The number of hydrogen-bond donors (Lipinski definition) is 2. The minimum atomic E-state index is 0.279. The molecule has 0 radical (unpaired) electrons. The topological polar surface area (TPSA) is 50.9 Å². The molecule has 0 spiro atoms. The Morgan fingerprint density at radius 3 is 2.80 bits per heavy atom. The first-order chi connectivity index (χ1) is 7.25. The van der Waals surface area contributed by atoms with Gasteiger partial charge in [0.25, 0.3) is 0 Å². The SMILES string of the molecule is Cc1ccc(N[C@@H]2CCCC[C@@H]2N)nc1. The van der Waals surface area contributed by atoms with Gasteiger partial charge in [0.2, 0.25) is 0 Å². The summed E-state index contributed by atoms with van der Waals surface area (Å²) in [6.07, 6.45) is 6.72. The Bertz CT molecular complexity index is 307. The van der Waals surface area contributed by atoms with Crippen molar-refractivity contribution in [1.29, 1.82) is 0 Å². The fraction of sp³-hybridized carbons (Fsp3) is 0.583. The van der Waals surface area contributed by atoms with Gasteiger partial charge < -0.3 is 11.1 Å². The molecular weight excluding hydrogens is 186 g/mol.